The Balaban J connectivity index is 1.91. The summed E-state index contributed by atoms with van der Waals surface area (Å²) in [6, 6.07) is 8.18. The van der Waals surface area contributed by atoms with Gasteiger partial charge in [0.05, 0.1) is 5.69 Å². The molecule has 0 saturated heterocycles. The van der Waals surface area contributed by atoms with Crippen LogP contribution in [0.3, 0.4) is 0 Å². The second-order valence-electron chi connectivity index (χ2n) is 5.42. The van der Waals surface area contributed by atoms with E-state index in [-0.39, 0.29) is 5.91 Å². The summed E-state index contributed by atoms with van der Waals surface area (Å²) in [4.78, 5) is 20.9. The van der Waals surface area contributed by atoms with Gasteiger partial charge in [0.15, 0.2) is 5.89 Å². The fourth-order valence-electron chi connectivity index (χ4n) is 2.74. The predicted octanol–water partition coefficient (Wildman–Crippen LogP) is 2.38. The summed E-state index contributed by atoms with van der Waals surface area (Å²) in [6.45, 7) is 5.63. The molecular weight excluding hydrogens is 266 g/mol. The lowest BCUT2D eigenvalue weighted by molar-refractivity contribution is 0.0717. The van der Waals surface area contributed by atoms with Crippen molar-refractivity contribution in [3.63, 3.8) is 0 Å². The van der Waals surface area contributed by atoms with E-state index in [1.54, 1.807) is 6.92 Å². The molecule has 0 bridgehead atoms. The van der Waals surface area contributed by atoms with E-state index >= 15 is 0 Å². The summed E-state index contributed by atoms with van der Waals surface area (Å²) >= 11 is 0. The highest BCUT2D eigenvalue weighted by Crippen LogP contribution is 2.25. The highest BCUT2D eigenvalue weighted by atomic mass is 16.4. The number of carbonyl (C=O) groups excluding carboxylic acids is 1. The number of likely N-dealkylation sites (N-methyl/N-ethyl adjacent to an activating group) is 1. The number of rotatable bonds is 1. The SMILES string of the molecule is Cc1nc(C)c(C(=O)N2CCN(C)c3ccccc3C2)o1. The lowest BCUT2D eigenvalue weighted by Gasteiger charge is -2.20. The molecule has 1 aliphatic rings. The number of benzene rings is 1. The number of anilines is 1. The van der Waals surface area contributed by atoms with Crippen molar-refractivity contribution in [2.75, 3.05) is 25.0 Å². The van der Waals surface area contributed by atoms with Crippen molar-refractivity contribution in [3.8, 4) is 0 Å². The van der Waals surface area contributed by atoms with E-state index in [1.165, 1.54) is 5.69 Å². The van der Waals surface area contributed by atoms with Crippen molar-refractivity contribution in [2.45, 2.75) is 20.4 Å². The highest BCUT2D eigenvalue weighted by Gasteiger charge is 2.26. The number of hydrogen-bond donors (Lipinski definition) is 0. The van der Waals surface area contributed by atoms with E-state index in [4.69, 9.17) is 4.42 Å². The van der Waals surface area contributed by atoms with E-state index in [0.29, 0.717) is 30.4 Å². The molecule has 1 amide bonds. The molecule has 5 nitrogen and oxygen atoms in total. The normalized spacial score (nSPS) is 14.8. The Morgan fingerprint density at radius 2 is 2.00 bits per heavy atom. The minimum atomic E-state index is -0.0850. The van der Waals surface area contributed by atoms with Gasteiger partial charge in [0.25, 0.3) is 5.91 Å². The Kier molecular flexibility index (Phi) is 3.41. The summed E-state index contributed by atoms with van der Waals surface area (Å²) in [5.41, 5.74) is 2.99. The molecule has 0 aliphatic carbocycles. The van der Waals surface area contributed by atoms with Crippen LogP contribution in [0.25, 0.3) is 0 Å². The van der Waals surface area contributed by atoms with Gasteiger partial charge in [-0.1, -0.05) is 18.2 Å². The van der Waals surface area contributed by atoms with Crippen molar-refractivity contribution < 1.29 is 9.21 Å². The average molecular weight is 285 g/mol. The number of fused-ring (bicyclic) bond motifs is 1. The smallest absolute Gasteiger partial charge is 0.291 e. The number of aryl methyl sites for hydroxylation is 2. The van der Waals surface area contributed by atoms with Gasteiger partial charge in [0.1, 0.15) is 0 Å². The first-order valence-corrected chi connectivity index (χ1v) is 7.08. The summed E-state index contributed by atoms with van der Waals surface area (Å²) < 4.78 is 5.47. The first kappa shape index (κ1) is 13.7. The van der Waals surface area contributed by atoms with Crippen molar-refractivity contribution in [2.24, 2.45) is 0 Å². The molecule has 0 spiro atoms. The van der Waals surface area contributed by atoms with Crippen LogP contribution in [0.1, 0.15) is 27.7 Å². The molecular formula is C16H19N3O2. The molecule has 2 aromatic rings. The van der Waals surface area contributed by atoms with Crippen molar-refractivity contribution in [3.05, 3.63) is 47.2 Å². The first-order chi connectivity index (χ1) is 10.1. The van der Waals surface area contributed by atoms with Gasteiger partial charge in [-0.15, -0.1) is 0 Å². The zero-order valence-corrected chi connectivity index (χ0v) is 12.6. The van der Waals surface area contributed by atoms with Crippen LogP contribution in [0.4, 0.5) is 5.69 Å². The van der Waals surface area contributed by atoms with Crippen LogP contribution < -0.4 is 4.90 Å². The van der Waals surface area contributed by atoms with E-state index in [1.807, 2.05) is 24.0 Å². The average Bonchev–Trinajstić information content (AvgIpc) is 2.71. The topological polar surface area (TPSA) is 49.6 Å². The number of carbonyl (C=O) groups is 1. The van der Waals surface area contributed by atoms with E-state index < -0.39 is 0 Å². The maximum Gasteiger partial charge on any atom is 0.291 e. The van der Waals surface area contributed by atoms with E-state index in [9.17, 15) is 4.79 Å². The quantitative estimate of drug-likeness (QED) is 0.807. The van der Waals surface area contributed by atoms with Gasteiger partial charge in [0.2, 0.25) is 5.76 Å². The lowest BCUT2D eigenvalue weighted by atomic mass is 10.1. The molecule has 0 radical (unpaired) electrons. The zero-order valence-electron chi connectivity index (χ0n) is 12.6. The zero-order chi connectivity index (χ0) is 15.0. The number of aromatic nitrogens is 1. The summed E-state index contributed by atoms with van der Waals surface area (Å²) in [5, 5.41) is 0. The van der Waals surface area contributed by atoms with Crippen LogP contribution in [-0.4, -0.2) is 35.9 Å². The van der Waals surface area contributed by atoms with Gasteiger partial charge in [0, 0.05) is 39.3 Å². The fourth-order valence-corrected chi connectivity index (χ4v) is 2.74. The highest BCUT2D eigenvalue weighted by molar-refractivity contribution is 5.92. The van der Waals surface area contributed by atoms with Crippen molar-refractivity contribution in [1.29, 1.82) is 0 Å². The molecule has 3 rings (SSSR count). The molecule has 0 unspecified atom stereocenters. The van der Waals surface area contributed by atoms with Crippen LogP contribution in [0.5, 0.6) is 0 Å². The Morgan fingerprint density at radius 3 is 2.71 bits per heavy atom. The first-order valence-electron chi connectivity index (χ1n) is 7.08. The molecule has 0 atom stereocenters. The van der Waals surface area contributed by atoms with Crippen LogP contribution in [0.2, 0.25) is 0 Å². The van der Waals surface area contributed by atoms with Crippen LogP contribution in [-0.2, 0) is 6.54 Å². The maximum atomic E-state index is 12.7. The van der Waals surface area contributed by atoms with E-state index in [2.05, 4.69) is 29.1 Å². The summed E-state index contributed by atoms with van der Waals surface area (Å²) in [6.07, 6.45) is 0. The molecule has 0 N–H and O–H groups in total. The minimum Gasteiger partial charge on any atom is -0.436 e. The van der Waals surface area contributed by atoms with Gasteiger partial charge >= 0.3 is 0 Å². The number of para-hydroxylation sites is 1. The number of amides is 1. The fraction of sp³-hybridized carbons (Fsp3) is 0.375. The number of oxazole rings is 1. The third-order valence-electron chi connectivity index (χ3n) is 3.85. The van der Waals surface area contributed by atoms with Crippen molar-refractivity contribution >= 4 is 11.6 Å². The molecule has 1 aromatic heterocycles. The van der Waals surface area contributed by atoms with Gasteiger partial charge in [-0.25, -0.2) is 4.98 Å². The number of hydrogen-bond acceptors (Lipinski definition) is 4. The maximum absolute atomic E-state index is 12.7. The molecule has 110 valence electrons. The molecule has 21 heavy (non-hydrogen) atoms. The van der Waals surface area contributed by atoms with Crippen LogP contribution in [0.15, 0.2) is 28.7 Å². The summed E-state index contributed by atoms with van der Waals surface area (Å²) in [5.74, 6) is 0.802. The van der Waals surface area contributed by atoms with Crippen LogP contribution >= 0.6 is 0 Å². The van der Waals surface area contributed by atoms with E-state index in [0.717, 1.165) is 12.1 Å². The van der Waals surface area contributed by atoms with Gasteiger partial charge in [-0.05, 0) is 18.6 Å². The Labute approximate surface area is 124 Å². The van der Waals surface area contributed by atoms with Gasteiger partial charge in [-0.2, -0.15) is 0 Å². The largest absolute Gasteiger partial charge is 0.436 e. The Hall–Kier alpha value is -2.30. The monoisotopic (exact) mass is 285 g/mol. The number of nitrogens with zero attached hydrogens (tertiary/aromatic N) is 3. The Morgan fingerprint density at radius 1 is 1.24 bits per heavy atom. The molecule has 2 heterocycles. The van der Waals surface area contributed by atoms with Crippen LogP contribution in [0, 0.1) is 13.8 Å². The third kappa shape index (κ3) is 2.51. The third-order valence-corrected chi connectivity index (χ3v) is 3.85. The molecule has 0 saturated carbocycles. The minimum absolute atomic E-state index is 0.0850. The second kappa shape index (κ2) is 5.24. The standard InChI is InChI=1S/C16H19N3O2/c1-11-15(21-12(2)17-11)16(20)19-9-8-18(3)14-7-5-4-6-13(14)10-19/h4-7H,8-10H2,1-3H3. The predicted molar refractivity (Wildman–Crippen MR) is 80.4 cm³/mol. The lowest BCUT2D eigenvalue weighted by Crippen LogP contribution is -2.34. The summed E-state index contributed by atoms with van der Waals surface area (Å²) in [7, 11) is 2.05. The van der Waals surface area contributed by atoms with Crippen molar-refractivity contribution in [1.82, 2.24) is 9.88 Å². The molecule has 0 fully saturated rings. The molecule has 1 aromatic carbocycles. The molecule has 1 aliphatic heterocycles. The van der Waals surface area contributed by atoms with Gasteiger partial charge < -0.3 is 14.2 Å². The second-order valence-corrected chi connectivity index (χ2v) is 5.42. The Bertz CT molecular complexity index is 678. The van der Waals surface area contributed by atoms with Gasteiger partial charge in [-0.3, -0.25) is 4.79 Å². The molecule has 5 heteroatoms.